The first-order valence-electron chi connectivity index (χ1n) is 7.05. The Bertz CT molecular complexity index is 637. The second-order valence-corrected chi connectivity index (χ2v) is 5.55. The summed E-state index contributed by atoms with van der Waals surface area (Å²) in [5.74, 6) is 0. The van der Waals surface area contributed by atoms with Crippen LogP contribution >= 0.6 is 0 Å². The SMILES string of the molecule is Cc1ccc(CN(C)C)cc1NCc1ccc(C#N)cc1. The average Bonchev–Trinajstić information content (AvgIpc) is 2.48. The third-order valence-corrected chi connectivity index (χ3v) is 3.37. The molecular formula is C18H21N3. The van der Waals surface area contributed by atoms with Crippen molar-refractivity contribution >= 4 is 5.69 Å². The van der Waals surface area contributed by atoms with E-state index in [9.17, 15) is 0 Å². The molecule has 0 heterocycles. The molecule has 0 bridgehead atoms. The van der Waals surface area contributed by atoms with E-state index in [1.165, 1.54) is 22.4 Å². The van der Waals surface area contributed by atoms with Crippen LogP contribution in [0.3, 0.4) is 0 Å². The van der Waals surface area contributed by atoms with Crippen LogP contribution in [-0.4, -0.2) is 19.0 Å². The maximum Gasteiger partial charge on any atom is 0.0991 e. The van der Waals surface area contributed by atoms with Crippen molar-refractivity contribution in [1.29, 1.82) is 5.26 Å². The lowest BCUT2D eigenvalue weighted by atomic mass is 10.1. The van der Waals surface area contributed by atoms with Crippen LogP contribution in [0, 0.1) is 18.3 Å². The number of aryl methyl sites for hydroxylation is 1. The van der Waals surface area contributed by atoms with Crippen LogP contribution in [0.5, 0.6) is 0 Å². The Hall–Kier alpha value is -2.31. The molecule has 0 unspecified atom stereocenters. The third-order valence-electron chi connectivity index (χ3n) is 3.37. The smallest absolute Gasteiger partial charge is 0.0991 e. The molecule has 0 saturated heterocycles. The molecule has 108 valence electrons. The molecule has 0 aliphatic rings. The number of benzene rings is 2. The van der Waals surface area contributed by atoms with Crippen molar-refractivity contribution in [2.45, 2.75) is 20.0 Å². The highest BCUT2D eigenvalue weighted by molar-refractivity contribution is 5.53. The molecule has 2 aromatic carbocycles. The monoisotopic (exact) mass is 279 g/mol. The Morgan fingerprint density at radius 1 is 1.05 bits per heavy atom. The molecule has 0 saturated carbocycles. The van der Waals surface area contributed by atoms with Crippen LogP contribution in [-0.2, 0) is 13.1 Å². The standard InChI is InChI=1S/C18H21N3/c1-14-4-5-17(13-21(2)3)10-18(14)20-12-16-8-6-15(11-19)7-9-16/h4-10,20H,12-13H2,1-3H3. The van der Waals surface area contributed by atoms with Gasteiger partial charge >= 0.3 is 0 Å². The number of nitrogens with one attached hydrogen (secondary N) is 1. The lowest BCUT2D eigenvalue weighted by molar-refractivity contribution is 0.402. The minimum atomic E-state index is 0.697. The fourth-order valence-corrected chi connectivity index (χ4v) is 2.22. The molecule has 0 aromatic heterocycles. The van der Waals surface area contributed by atoms with Gasteiger partial charge in [-0.2, -0.15) is 5.26 Å². The average molecular weight is 279 g/mol. The normalized spacial score (nSPS) is 10.4. The molecule has 1 N–H and O–H groups in total. The summed E-state index contributed by atoms with van der Waals surface area (Å²) in [6.07, 6.45) is 0. The zero-order valence-corrected chi connectivity index (χ0v) is 12.9. The number of nitriles is 1. The summed E-state index contributed by atoms with van der Waals surface area (Å²) in [6, 6.07) is 16.4. The van der Waals surface area contributed by atoms with E-state index in [0.717, 1.165) is 13.1 Å². The van der Waals surface area contributed by atoms with Crippen LogP contribution in [0.2, 0.25) is 0 Å². The van der Waals surface area contributed by atoms with Crippen LogP contribution in [0.4, 0.5) is 5.69 Å². The summed E-state index contributed by atoms with van der Waals surface area (Å²) >= 11 is 0. The molecule has 2 aromatic rings. The fraction of sp³-hybridized carbons (Fsp3) is 0.278. The Labute approximate surface area is 126 Å². The zero-order chi connectivity index (χ0) is 15.2. The van der Waals surface area contributed by atoms with Crippen molar-refractivity contribution in [3.63, 3.8) is 0 Å². The topological polar surface area (TPSA) is 39.1 Å². The molecular weight excluding hydrogens is 258 g/mol. The van der Waals surface area contributed by atoms with Gasteiger partial charge in [0.15, 0.2) is 0 Å². The minimum Gasteiger partial charge on any atom is -0.381 e. The highest BCUT2D eigenvalue weighted by Crippen LogP contribution is 2.18. The van der Waals surface area contributed by atoms with Crippen molar-refractivity contribution < 1.29 is 0 Å². The van der Waals surface area contributed by atoms with E-state index >= 15 is 0 Å². The first-order chi connectivity index (χ1) is 10.1. The van der Waals surface area contributed by atoms with E-state index in [4.69, 9.17) is 5.26 Å². The van der Waals surface area contributed by atoms with Crippen molar-refractivity contribution in [1.82, 2.24) is 4.90 Å². The summed E-state index contributed by atoms with van der Waals surface area (Å²) in [6.45, 7) is 3.81. The van der Waals surface area contributed by atoms with E-state index < -0.39 is 0 Å². The van der Waals surface area contributed by atoms with Gasteiger partial charge in [0.05, 0.1) is 11.6 Å². The summed E-state index contributed by atoms with van der Waals surface area (Å²) in [5.41, 5.74) is 5.58. The summed E-state index contributed by atoms with van der Waals surface area (Å²) in [4.78, 5) is 2.16. The first kappa shape index (κ1) is 15.1. The second kappa shape index (κ2) is 6.92. The maximum absolute atomic E-state index is 8.81. The lowest BCUT2D eigenvalue weighted by Gasteiger charge is -2.14. The van der Waals surface area contributed by atoms with Crippen molar-refractivity contribution in [3.8, 4) is 6.07 Å². The minimum absolute atomic E-state index is 0.697. The third kappa shape index (κ3) is 4.34. The Morgan fingerprint density at radius 3 is 2.33 bits per heavy atom. The quantitative estimate of drug-likeness (QED) is 0.910. The predicted molar refractivity (Wildman–Crippen MR) is 87.1 cm³/mol. The van der Waals surface area contributed by atoms with Gasteiger partial charge < -0.3 is 10.2 Å². The van der Waals surface area contributed by atoms with Crippen LogP contribution in [0.1, 0.15) is 22.3 Å². The largest absolute Gasteiger partial charge is 0.381 e. The zero-order valence-electron chi connectivity index (χ0n) is 12.9. The van der Waals surface area contributed by atoms with Gasteiger partial charge in [0, 0.05) is 18.8 Å². The van der Waals surface area contributed by atoms with Crippen LogP contribution < -0.4 is 5.32 Å². The molecule has 2 rings (SSSR count). The van der Waals surface area contributed by atoms with Gasteiger partial charge in [-0.3, -0.25) is 0 Å². The second-order valence-electron chi connectivity index (χ2n) is 5.55. The molecule has 3 nitrogen and oxygen atoms in total. The van der Waals surface area contributed by atoms with E-state index in [0.29, 0.717) is 5.56 Å². The van der Waals surface area contributed by atoms with E-state index in [-0.39, 0.29) is 0 Å². The highest BCUT2D eigenvalue weighted by atomic mass is 15.0. The van der Waals surface area contributed by atoms with E-state index in [1.54, 1.807) is 0 Å². The Kier molecular flexibility index (Phi) is 4.97. The molecule has 0 radical (unpaired) electrons. The van der Waals surface area contributed by atoms with Gasteiger partial charge in [-0.05, 0) is 55.9 Å². The molecule has 0 fully saturated rings. The van der Waals surface area contributed by atoms with Gasteiger partial charge in [-0.1, -0.05) is 24.3 Å². The number of anilines is 1. The fourth-order valence-electron chi connectivity index (χ4n) is 2.22. The Balaban J connectivity index is 2.06. The van der Waals surface area contributed by atoms with Gasteiger partial charge in [-0.15, -0.1) is 0 Å². The predicted octanol–water partition coefficient (Wildman–Crippen LogP) is 3.54. The van der Waals surface area contributed by atoms with Crippen molar-refractivity contribution in [3.05, 3.63) is 64.7 Å². The van der Waals surface area contributed by atoms with Crippen molar-refractivity contribution in [2.75, 3.05) is 19.4 Å². The van der Waals surface area contributed by atoms with Crippen molar-refractivity contribution in [2.24, 2.45) is 0 Å². The molecule has 0 amide bonds. The van der Waals surface area contributed by atoms with Crippen LogP contribution in [0.15, 0.2) is 42.5 Å². The number of hydrogen-bond donors (Lipinski definition) is 1. The summed E-state index contributed by atoms with van der Waals surface area (Å²) < 4.78 is 0. The Morgan fingerprint density at radius 2 is 1.71 bits per heavy atom. The number of nitrogens with zero attached hydrogens (tertiary/aromatic N) is 2. The highest BCUT2D eigenvalue weighted by Gasteiger charge is 2.02. The summed E-state index contributed by atoms with van der Waals surface area (Å²) in [7, 11) is 4.15. The van der Waals surface area contributed by atoms with E-state index in [2.05, 4.69) is 55.5 Å². The maximum atomic E-state index is 8.81. The molecule has 0 aliphatic heterocycles. The first-order valence-corrected chi connectivity index (χ1v) is 7.05. The number of rotatable bonds is 5. The lowest BCUT2D eigenvalue weighted by Crippen LogP contribution is -2.11. The molecule has 0 aliphatic carbocycles. The van der Waals surface area contributed by atoms with Gasteiger partial charge in [-0.25, -0.2) is 0 Å². The molecule has 3 heteroatoms. The summed E-state index contributed by atoms with van der Waals surface area (Å²) in [5, 5.41) is 12.3. The molecule has 0 atom stereocenters. The number of hydrogen-bond acceptors (Lipinski definition) is 3. The van der Waals surface area contributed by atoms with Gasteiger partial charge in [0.25, 0.3) is 0 Å². The van der Waals surface area contributed by atoms with Gasteiger partial charge in [0.1, 0.15) is 0 Å². The molecule has 21 heavy (non-hydrogen) atoms. The van der Waals surface area contributed by atoms with Crippen LogP contribution in [0.25, 0.3) is 0 Å². The molecule has 0 spiro atoms. The van der Waals surface area contributed by atoms with E-state index in [1.807, 2.05) is 24.3 Å². The van der Waals surface area contributed by atoms with Gasteiger partial charge in [0.2, 0.25) is 0 Å².